The molecule has 1 aliphatic heterocycles. The van der Waals surface area contributed by atoms with Crippen LogP contribution in [0.2, 0.25) is 0 Å². The molecule has 0 aliphatic carbocycles. The lowest BCUT2D eigenvalue weighted by atomic mass is 10.1. The van der Waals surface area contributed by atoms with Gasteiger partial charge in [0.15, 0.2) is 0 Å². The predicted octanol–water partition coefficient (Wildman–Crippen LogP) is 1.33. The van der Waals surface area contributed by atoms with E-state index in [1.165, 1.54) is 11.9 Å². The summed E-state index contributed by atoms with van der Waals surface area (Å²) in [6.07, 6.45) is 0. The van der Waals surface area contributed by atoms with Crippen molar-refractivity contribution in [2.24, 2.45) is 0 Å². The van der Waals surface area contributed by atoms with Gasteiger partial charge in [0.1, 0.15) is 6.54 Å². The average Bonchev–Trinajstić information content (AvgIpc) is 2.77. The summed E-state index contributed by atoms with van der Waals surface area (Å²) in [5.74, 6) is -0.734. The number of benzene rings is 2. The van der Waals surface area contributed by atoms with Crippen molar-refractivity contribution in [2.75, 3.05) is 24.4 Å². The molecule has 3 rings (SSSR count). The molecule has 0 saturated carbocycles. The molecule has 0 radical (unpaired) electrons. The summed E-state index contributed by atoms with van der Waals surface area (Å²) in [6, 6.07) is 10.3. The van der Waals surface area contributed by atoms with E-state index in [9.17, 15) is 18.0 Å². The zero-order chi connectivity index (χ0) is 19.1. The first kappa shape index (κ1) is 18.2. The van der Waals surface area contributed by atoms with Crippen LogP contribution in [0, 0.1) is 0 Å². The number of carbonyl (C=O) groups is 2. The molecule has 0 atom stereocenters. The Morgan fingerprint density at radius 1 is 1.15 bits per heavy atom. The van der Waals surface area contributed by atoms with E-state index in [1.807, 2.05) is 26.0 Å². The number of carbonyl (C=O) groups excluding carboxylic acids is 2. The maximum absolute atomic E-state index is 12.9. The van der Waals surface area contributed by atoms with Gasteiger partial charge < -0.3 is 10.2 Å². The zero-order valence-electron chi connectivity index (χ0n) is 14.9. The van der Waals surface area contributed by atoms with Gasteiger partial charge in [-0.1, -0.05) is 24.3 Å². The molecule has 138 valence electrons. The van der Waals surface area contributed by atoms with Gasteiger partial charge in [-0.2, -0.15) is 0 Å². The molecule has 8 heteroatoms. The Labute approximate surface area is 152 Å². The van der Waals surface area contributed by atoms with Crippen LogP contribution < -0.4 is 9.62 Å². The minimum absolute atomic E-state index is 0.0305. The summed E-state index contributed by atoms with van der Waals surface area (Å²) in [4.78, 5) is 25.8. The highest BCUT2D eigenvalue weighted by molar-refractivity contribution is 7.93. The molecule has 0 saturated heterocycles. The molecule has 2 aromatic carbocycles. The number of anilines is 1. The Balaban J connectivity index is 1.84. The first-order chi connectivity index (χ1) is 12.2. The standard InChI is InChI=1S/C18H21N3O4S/c1-12(2)19-16(22)10-20(3)17(23)11-21-14-8-4-6-13-7-5-9-15(18(13)14)26(21,24)25/h4-9,12H,10-11H2,1-3H3,(H,19,22). The molecule has 1 aliphatic rings. The van der Waals surface area contributed by atoms with E-state index in [0.717, 1.165) is 9.69 Å². The van der Waals surface area contributed by atoms with Gasteiger partial charge in [0.25, 0.3) is 10.0 Å². The lowest BCUT2D eigenvalue weighted by Gasteiger charge is -2.23. The van der Waals surface area contributed by atoms with Gasteiger partial charge in [-0.05, 0) is 31.4 Å². The summed E-state index contributed by atoms with van der Waals surface area (Å²) < 4.78 is 26.8. The number of hydrogen-bond acceptors (Lipinski definition) is 4. The van der Waals surface area contributed by atoms with E-state index >= 15 is 0 Å². The largest absolute Gasteiger partial charge is 0.352 e. The van der Waals surface area contributed by atoms with E-state index in [4.69, 9.17) is 0 Å². The number of nitrogens with one attached hydrogen (secondary N) is 1. The number of sulfonamides is 1. The summed E-state index contributed by atoms with van der Waals surface area (Å²) in [5.41, 5.74) is 0.492. The second kappa shape index (κ2) is 6.60. The highest BCUT2D eigenvalue weighted by atomic mass is 32.2. The molecule has 2 aromatic rings. The van der Waals surface area contributed by atoms with E-state index < -0.39 is 15.9 Å². The third kappa shape index (κ3) is 3.12. The van der Waals surface area contributed by atoms with Gasteiger partial charge in [-0.25, -0.2) is 8.42 Å². The van der Waals surface area contributed by atoms with Gasteiger partial charge in [0.05, 0.1) is 17.1 Å². The Morgan fingerprint density at radius 2 is 1.81 bits per heavy atom. The number of nitrogens with zero attached hydrogens (tertiary/aromatic N) is 2. The molecule has 1 N–H and O–H groups in total. The van der Waals surface area contributed by atoms with Crippen molar-refractivity contribution in [1.29, 1.82) is 0 Å². The van der Waals surface area contributed by atoms with Crippen LogP contribution >= 0.6 is 0 Å². The van der Waals surface area contributed by atoms with Crippen LogP contribution in [0.15, 0.2) is 41.3 Å². The Bertz CT molecular complexity index is 980. The topological polar surface area (TPSA) is 86.8 Å². The smallest absolute Gasteiger partial charge is 0.265 e. The monoisotopic (exact) mass is 375 g/mol. The summed E-state index contributed by atoms with van der Waals surface area (Å²) >= 11 is 0. The van der Waals surface area contributed by atoms with Crippen LogP contribution in [-0.4, -0.2) is 51.3 Å². The van der Waals surface area contributed by atoms with Gasteiger partial charge in [-0.15, -0.1) is 0 Å². The van der Waals surface area contributed by atoms with Crippen molar-refractivity contribution in [1.82, 2.24) is 10.2 Å². The lowest BCUT2D eigenvalue weighted by Crippen LogP contribution is -2.45. The van der Waals surface area contributed by atoms with Crippen LogP contribution in [0.25, 0.3) is 10.8 Å². The third-order valence-electron chi connectivity index (χ3n) is 4.22. The van der Waals surface area contributed by atoms with E-state index in [2.05, 4.69) is 5.32 Å². The Kier molecular flexibility index (Phi) is 4.62. The number of hydrogen-bond donors (Lipinski definition) is 1. The molecule has 7 nitrogen and oxygen atoms in total. The van der Waals surface area contributed by atoms with Crippen LogP contribution in [0.3, 0.4) is 0 Å². The predicted molar refractivity (Wildman–Crippen MR) is 99.4 cm³/mol. The van der Waals surface area contributed by atoms with E-state index in [1.54, 1.807) is 24.3 Å². The maximum Gasteiger partial charge on any atom is 0.265 e. The fraction of sp³-hybridized carbons (Fsp3) is 0.333. The number of amides is 2. The SMILES string of the molecule is CC(C)NC(=O)CN(C)C(=O)CN1c2cccc3cccc(c23)S1(=O)=O. The van der Waals surface area contributed by atoms with Gasteiger partial charge in [-0.3, -0.25) is 13.9 Å². The fourth-order valence-corrected chi connectivity index (χ4v) is 4.70. The zero-order valence-corrected chi connectivity index (χ0v) is 15.7. The first-order valence-corrected chi connectivity index (χ1v) is 9.73. The van der Waals surface area contributed by atoms with Crippen LogP contribution in [0.1, 0.15) is 13.8 Å². The van der Waals surface area contributed by atoms with Gasteiger partial charge in [0, 0.05) is 18.5 Å². The molecule has 2 amide bonds. The molecule has 0 fully saturated rings. The average molecular weight is 375 g/mol. The maximum atomic E-state index is 12.9. The molecular formula is C18H21N3O4S. The summed E-state index contributed by atoms with van der Waals surface area (Å²) in [6.45, 7) is 3.19. The summed E-state index contributed by atoms with van der Waals surface area (Å²) in [7, 11) is -2.30. The Hall–Kier alpha value is -2.61. The third-order valence-corrected chi connectivity index (χ3v) is 6.02. The van der Waals surface area contributed by atoms with Crippen LogP contribution in [-0.2, 0) is 19.6 Å². The van der Waals surface area contributed by atoms with Crippen LogP contribution in [0.4, 0.5) is 5.69 Å². The highest BCUT2D eigenvalue weighted by Gasteiger charge is 2.37. The second-order valence-corrected chi connectivity index (χ2v) is 8.45. The summed E-state index contributed by atoms with van der Waals surface area (Å²) in [5, 5.41) is 4.14. The van der Waals surface area contributed by atoms with Crippen molar-refractivity contribution in [3.05, 3.63) is 36.4 Å². The molecule has 0 bridgehead atoms. The highest BCUT2D eigenvalue weighted by Crippen LogP contribution is 2.41. The molecule has 0 aromatic heterocycles. The van der Waals surface area contributed by atoms with Crippen molar-refractivity contribution in [3.63, 3.8) is 0 Å². The minimum Gasteiger partial charge on any atom is -0.352 e. The van der Waals surface area contributed by atoms with E-state index in [-0.39, 0.29) is 29.9 Å². The second-order valence-electron chi connectivity index (χ2n) is 6.62. The van der Waals surface area contributed by atoms with Gasteiger partial charge in [0.2, 0.25) is 11.8 Å². The molecule has 0 unspecified atom stereocenters. The first-order valence-electron chi connectivity index (χ1n) is 8.29. The molecule has 26 heavy (non-hydrogen) atoms. The molecule has 0 spiro atoms. The van der Waals surface area contributed by atoms with Crippen molar-refractivity contribution in [3.8, 4) is 0 Å². The normalized spacial score (nSPS) is 14.7. The van der Waals surface area contributed by atoms with E-state index in [0.29, 0.717) is 11.1 Å². The molecular weight excluding hydrogens is 354 g/mol. The fourth-order valence-electron chi connectivity index (χ4n) is 3.04. The lowest BCUT2D eigenvalue weighted by molar-refractivity contribution is -0.133. The number of rotatable bonds is 5. The number of likely N-dealkylation sites (N-methyl/N-ethyl adjacent to an activating group) is 1. The van der Waals surface area contributed by atoms with Crippen molar-refractivity contribution < 1.29 is 18.0 Å². The minimum atomic E-state index is -3.79. The van der Waals surface area contributed by atoms with Crippen LogP contribution in [0.5, 0.6) is 0 Å². The Morgan fingerprint density at radius 3 is 2.46 bits per heavy atom. The van der Waals surface area contributed by atoms with Crippen molar-refractivity contribution >= 4 is 38.3 Å². The molecule has 1 heterocycles. The van der Waals surface area contributed by atoms with Crippen molar-refractivity contribution in [2.45, 2.75) is 24.8 Å². The van der Waals surface area contributed by atoms with Gasteiger partial charge >= 0.3 is 0 Å². The quantitative estimate of drug-likeness (QED) is 0.854.